The summed E-state index contributed by atoms with van der Waals surface area (Å²) in [5.41, 5.74) is 0. The first-order valence-corrected chi connectivity index (χ1v) is 10.6. The summed E-state index contributed by atoms with van der Waals surface area (Å²) in [5.74, 6) is 0. The highest BCUT2D eigenvalue weighted by molar-refractivity contribution is 6.74. The Bertz CT molecular complexity index is 343. The van der Waals surface area contributed by atoms with Gasteiger partial charge >= 0.3 is 0 Å². The van der Waals surface area contributed by atoms with Crippen molar-refractivity contribution in [3.63, 3.8) is 0 Å². The third-order valence-corrected chi connectivity index (χ3v) is 9.34. The molecule has 0 spiro atoms. The van der Waals surface area contributed by atoms with Gasteiger partial charge in [0.1, 0.15) is 24.4 Å². The van der Waals surface area contributed by atoms with E-state index in [1.165, 1.54) is 7.11 Å². The summed E-state index contributed by atoms with van der Waals surface area (Å²) in [6.45, 7) is 11.3. The molecule has 7 heteroatoms. The maximum atomic E-state index is 10.1. The highest BCUT2D eigenvalue weighted by Crippen LogP contribution is 2.37. The van der Waals surface area contributed by atoms with Crippen molar-refractivity contribution in [3.8, 4) is 0 Å². The van der Waals surface area contributed by atoms with Crippen LogP contribution in [0.4, 0.5) is 0 Å². The van der Waals surface area contributed by atoms with Crippen LogP contribution in [-0.2, 0) is 23.4 Å². The first-order valence-electron chi connectivity index (χ1n) is 7.65. The smallest absolute Gasteiger partial charge is 0.192 e. The Morgan fingerprint density at radius 1 is 0.955 bits per heavy atom. The molecule has 0 radical (unpaired) electrons. The number of hydrogen-bond donors (Lipinski definition) is 1. The van der Waals surface area contributed by atoms with Crippen LogP contribution in [0.2, 0.25) is 18.1 Å². The van der Waals surface area contributed by atoms with Crippen LogP contribution in [0.1, 0.15) is 20.8 Å². The molecule has 0 unspecified atom stereocenters. The average Bonchev–Trinajstić information content (AvgIpc) is 2.42. The molecule has 1 aliphatic heterocycles. The number of rotatable bonds is 6. The summed E-state index contributed by atoms with van der Waals surface area (Å²) in [5, 5.41) is 10.2. The molecule has 1 N–H and O–H groups in total. The second kappa shape index (κ2) is 7.70. The van der Waals surface area contributed by atoms with Gasteiger partial charge in [-0.1, -0.05) is 20.8 Å². The Labute approximate surface area is 135 Å². The van der Waals surface area contributed by atoms with Gasteiger partial charge in [-0.2, -0.15) is 0 Å². The molecule has 0 amide bonds. The lowest BCUT2D eigenvalue weighted by Crippen LogP contribution is -2.61. The van der Waals surface area contributed by atoms with Gasteiger partial charge in [-0.15, -0.1) is 0 Å². The number of ether oxygens (including phenoxy) is 4. The van der Waals surface area contributed by atoms with Gasteiger partial charge in [0.05, 0.1) is 6.61 Å². The monoisotopic (exact) mass is 336 g/mol. The fourth-order valence-corrected chi connectivity index (χ4v) is 3.35. The summed E-state index contributed by atoms with van der Waals surface area (Å²) in [6, 6.07) is 0. The van der Waals surface area contributed by atoms with E-state index in [4.69, 9.17) is 23.4 Å². The van der Waals surface area contributed by atoms with E-state index in [0.717, 1.165) is 0 Å². The maximum Gasteiger partial charge on any atom is 0.192 e. The highest BCUT2D eigenvalue weighted by Gasteiger charge is 2.47. The minimum absolute atomic E-state index is 0.110. The van der Waals surface area contributed by atoms with E-state index in [-0.39, 0.29) is 11.1 Å². The van der Waals surface area contributed by atoms with Crippen molar-refractivity contribution >= 4 is 8.32 Å². The van der Waals surface area contributed by atoms with Crippen LogP contribution in [0.5, 0.6) is 0 Å². The molecule has 1 fully saturated rings. The van der Waals surface area contributed by atoms with Crippen molar-refractivity contribution in [2.75, 3.05) is 27.9 Å². The van der Waals surface area contributed by atoms with Gasteiger partial charge < -0.3 is 28.5 Å². The van der Waals surface area contributed by atoms with Crippen LogP contribution in [0.25, 0.3) is 0 Å². The van der Waals surface area contributed by atoms with Gasteiger partial charge in [-0.25, -0.2) is 0 Å². The second-order valence-corrected chi connectivity index (χ2v) is 12.0. The average molecular weight is 337 g/mol. The quantitative estimate of drug-likeness (QED) is 0.746. The topological polar surface area (TPSA) is 66.4 Å². The molecule has 0 aromatic carbocycles. The van der Waals surface area contributed by atoms with Gasteiger partial charge in [-0.05, 0) is 18.1 Å². The first-order chi connectivity index (χ1) is 10.1. The summed E-state index contributed by atoms with van der Waals surface area (Å²) in [7, 11) is 2.79. The number of aliphatic hydroxyl groups is 1. The van der Waals surface area contributed by atoms with Crippen LogP contribution in [0.15, 0.2) is 0 Å². The Hall–Kier alpha value is -0.0231. The van der Waals surface area contributed by atoms with E-state index < -0.39 is 32.9 Å². The highest BCUT2D eigenvalue weighted by atomic mass is 28.4. The van der Waals surface area contributed by atoms with Gasteiger partial charge in [0.15, 0.2) is 14.6 Å². The number of methoxy groups -OCH3 is 3. The zero-order valence-electron chi connectivity index (χ0n) is 15.1. The van der Waals surface area contributed by atoms with E-state index in [9.17, 15) is 5.11 Å². The Morgan fingerprint density at radius 3 is 1.86 bits per heavy atom. The molecule has 5 atom stereocenters. The molecule has 6 nitrogen and oxygen atoms in total. The van der Waals surface area contributed by atoms with E-state index in [0.29, 0.717) is 6.61 Å². The van der Waals surface area contributed by atoms with Crippen molar-refractivity contribution in [2.45, 2.75) is 69.6 Å². The Morgan fingerprint density at radius 2 is 1.45 bits per heavy atom. The summed E-state index contributed by atoms with van der Waals surface area (Å²) < 4.78 is 28.1. The normalized spacial score (nSPS) is 34.0. The van der Waals surface area contributed by atoms with Gasteiger partial charge in [0.2, 0.25) is 0 Å². The molecule has 1 rings (SSSR count). The van der Waals surface area contributed by atoms with Crippen LogP contribution in [0, 0.1) is 0 Å². The molecule has 0 aromatic heterocycles. The maximum absolute atomic E-state index is 10.1. The van der Waals surface area contributed by atoms with E-state index in [1.54, 1.807) is 14.2 Å². The van der Waals surface area contributed by atoms with Crippen molar-refractivity contribution < 1.29 is 28.5 Å². The minimum atomic E-state index is -1.90. The van der Waals surface area contributed by atoms with Gasteiger partial charge in [0, 0.05) is 21.3 Å². The molecular weight excluding hydrogens is 304 g/mol. The van der Waals surface area contributed by atoms with Crippen molar-refractivity contribution in [2.24, 2.45) is 0 Å². The van der Waals surface area contributed by atoms with E-state index in [1.807, 2.05) is 0 Å². The largest absolute Gasteiger partial charge is 0.414 e. The van der Waals surface area contributed by atoms with E-state index >= 15 is 0 Å². The van der Waals surface area contributed by atoms with Crippen LogP contribution in [-0.4, -0.2) is 72.1 Å². The fourth-order valence-electron chi connectivity index (χ4n) is 2.34. The third kappa shape index (κ3) is 4.28. The first kappa shape index (κ1) is 20.0. The Balaban J connectivity index is 2.81. The molecule has 132 valence electrons. The van der Waals surface area contributed by atoms with Crippen molar-refractivity contribution in [1.29, 1.82) is 0 Å². The molecule has 1 saturated heterocycles. The van der Waals surface area contributed by atoms with Crippen molar-refractivity contribution in [3.05, 3.63) is 0 Å². The molecule has 0 bridgehead atoms. The molecule has 1 heterocycles. The predicted octanol–water partition coefficient (Wildman–Crippen LogP) is 1.77. The summed E-state index contributed by atoms with van der Waals surface area (Å²) in [4.78, 5) is 0. The van der Waals surface area contributed by atoms with Crippen LogP contribution in [0.3, 0.4) is 0 Å². The lowest BCUT2D eigenvalue weighted by atomic mass is 9.99. The van der Waals surface area contributed by atoms with Gasteiger partial charge in [0.25, 0.3) is 0 Å². The minimum Gasteiger partial charge on any atom is -0.414 e. The number of hydrogen-bond acceptors (Lipinski definition) is 6. The zero-order chi connectivity index (χ0) is 17.1. The molecular formula is C15H32O6Si. The Kier molecular flexibility index (Phi) is 7.01. The fraction of sp³-hybridized carbons (Fsp3) is 1.00. The molecule has 0 saturated carbocycles. The van der Waals surface area contributed by atoms with Crippen molar-refractivity contribution in [1.82, 2.24) is 0 Å². The standard InChI is InChI=1S/C15H32O6Si/c1-15(2,3)22(7,8)20-9-10-11(17-4)12(18-5)13(19-6)14(16)21-10/h10-14,16H,9H2,1-8H3/t10-,11-,12+,13-,14-/m1/s1. The number of aliphatic hydroxyl groups excluding tert-OH is 1. The van der Waals surface area contributed by atoms with E-state index in [2.05, 4.69) is 33.9 Å². The predicted molar refractivity (Wildman–Crippen MR) is 86.4 cm³/mol. The SMILES string of the molecule is CO[C@@H]1[C@@H](OC)[C@H](O)O[C@H](CO[Si](C)(C)C(C)(C)C)[C@H]1OC. The molecule has 0 aromatic rings. The molecule has 22 heavy (non-hydrogen) atoms. The lowest BCUT2D eigenvalue weighted by molar-refractivity contribution is -0.298. The third-order valence-electron chi connectivity index (χ3n) is 4.84. The molecule has 0 aliphatic carbocycles. The summed E-state index contributed by atoms with van der Waals surface area (Å²) in [6.07, 6.45) is -2.81. The summed E-state index contributed by atoms with van der Waals surface area (Å²) >= 11 is 0. The molecule has 1 aliphatic rings. The van der Waals surface area contributed by atoms with Crippen LogP contribution >= 0.6 is 0 Å². The zero-order valence-corrected chi connectivity index (χ0v) is 16.1. The van der Waals surface area contributed by atoms with Crippen LogP contribution < -0.4 is 0 Å². The lowest BCUT2D eigenvalue weighted by Gasteiger charge is -2.44. The van der Waals surface area contributed by atoms with Gasteiger partial charge in [-0.3, -0.25) is 0 Å². The second-order valence-electron chi connectivity index (χ2n) is 7.24.